The van der Waals surface area contributed by atoms with Crippen LogP contribution in [-0.4, -0.2) is 10.1 Å². The molecular formula is C21H14F4N4O3. The molecule has 0 amide bonds. The van der Waals surface area contributed by atoms with Crippen molar-refractivity contribution < 1.29 is 22.1 Å². The number of benzene rings is 2. The van der Waals surface area contributed by atoms with Crippen LogP contribution in [0, 0.1) is 5.82 Å². The van der Waals surface area contributed by atoms with Gasteiger partial charge in [0.2, 0.25) is 5.82 Å². The Kier molecular flexibility index (Phi) is 5.47. The maximum atomic E-state index is 14.5. The summed E-state index contributed by atoms with van der Waals surface area (Å²) >= 11 is 0. The molecule has 0 atom stereocenters. The SMILES string of the molecule is O=c1c(NCc2ccccc2)c(NCc2ccc(-c3noc(C(F)(F)F)n3)cc2F)c1=O. The molecule has 32 heavy (non-hydrogen) atoms. The van der Waals surface area contributed by atoms with E-state index in [-0.39, 0.29) is 29.0 Å². The molecule has 7 nitrogen and oxygen atoms in total. The highest BCUT2D eigenvalue weighted by atomic mass is 19.4. The molecule has 0 unspecified atom stereocenters. The molecule has 2 N–H and O–H groups in total. The molecule has 11 heteroatoms. The van der Waals surface area contributed by atoms with E-state index < -0.39 is 34.6 Å². The summed E-state index contributed by atoms with van der Waals surface area (Å²) in [4.78, 5) is 27.0. The van der Waals surface area contributed by atoms with Crippen LogP contribution in [-0.2, 0) is 19.3 Å². The molecule has 1 aromatic heterocycles. The van der Waals surface area contributed by atoms with E-state index >= 15 is 0 Å². The van der Waals surface area contributed by atoms with Crippen LogP contribution in [0.15, 0.2) is 62.6 Å². The third-order valence-corrected chi connectivity index (χ3v) is 4.66. The van der Waals surface area contributed by atoms with Crippen molar-refractivity contribution in [3.05, 3.63) is 91.8 Å². The Bertz CT molecular complexity index is 1330. The first kappa shape index (κ1) is 21.2. The Morgan fingerprint density at radius 2 is 1.56 bits per heavy atom. The molecule has 164 valence electrons. The summed E-state index contributed by atoms with van der Waals surface area (Å²) in [7, 11) is 0. The summed E-state index contributed by atoms with van der Waals surface area (Å²) in [6, 6.07) is 12.8. The summed E-state index contributed by atoms with van der Waals surface area (Å²) < 4.78 is 56.3. The average Bonchev–Trinajstić information content (AvgIpc) is 3.28. The third-order valence-electron chi connectivity index (χ3n) is 4.66. The maximum absolute atomic E-state index is 14.5. The summed E-state index contributed by atoms with van der Waals surface area (Å²) in [6.45, 7) is 0.199. The summed E-state index contributed by atoms with van der Waals surface area (Å²) in [5.74, 6) is -2.70. The average molecular weight is 446 g/mol. The summed E-state index contributed by atoms with van der Waals surface area (Å²) in [5, 5.41) is 8.84. The van der Waals surface area contributed by atoms with Gasteiger partial charge in [0.15, 0.2) is 0 Å². The minimum Gasteiger partial charge on any atom is -0.376 e. The van der Waals surface area contributed by atoms with Crippen LogP contribution in [0.25, 0.3) is 11.4 Å². The van der Waals surface area contributed by atoms with Gasteiger partial charge in [-0.15, -0.1) is 0 Å². The summed E-state index contributed by atoms with van der Waals surface area (Å²) in [5.41, 5.74) is -0.214. The van der Waals surface area contributed by atoms with Gasteiger partial charge in [0.25, 0.3) is 10.9 Å². The van der Waals surface area contributed by atoms with E-state index in [4.69, 9.17) is 0 Å². The molecule has 0 aliphatic heterocycles. The first-order valence-corrected chi connectivity index (χ1v) is 9.28. The molecule has 3 aromatic carbocycles. The molecular weight excluding hydrogens is 432 g/mol. The Hall–Kier alpha value is -4.02. The van der Waals surface area contributed by atoms with Gasteiger partial charge in [-0.2, -0.15) is 18.2 Å². The molecule has 0 aliphatic rings. The predicted octanol–water partition coefficient (Wildman–Crippen LogP) is 3.71. The number of hydrogen-bond acceptors (Lipinski definition) is 7. The second-order valence-electron chi connectivity index (χ2n) is 6.83. The van der Waals surface area contributed by atoms with E-state index in [0.717, 1.165) is 11.6 Å². The topological polar surface area (TPSA) is 97.1 Å². The molecule has 0 saturated carbocycles. The molecule has 4 rings (SSSR count). The van der Waals surface area contributed by atoms with Crippen molar-refractivity contribution in [1.29, 1.82) is 0 Å². The lowest BCUT2D eigenvalue weighted by Crippen LogP contribution is -2.37. The zero-order valence-corrected chi connectivity index (χ0v) is 16.2. The van der Waals surface area contributed by atoms with Gasteiger partial charge >= 0.3 is 12.1 Å². The summed E-state index contributed by atoms with van der Waals surface area (Å²) in [6.07, 6.45) is -4.81. The van der Waals surface area contributed by atoms with Crippen molar-refractivity contribution in [1.82, 2.24) is 10.1 Å². The Morgan fingerprint density at radius 3 is 2.16 bits per heavy atom. The number of nitrogens with one attached hydrogen (secondary N) is 2. The number of alkyl halides is 3. The molecule has 4 aromatic rings. The lowest BCUT2D eigenvalue weighted by molar-refractivity contribution is -0.159. The minimum atomic E-state index is -4.81. The van der Waals surface area contributed by atoms with Gasteiger partial charge in [-0.1, -0.05) is 47.6 Å². The zero-order valence-electron chi connectivity index (χ0n) is 16.2. The van der Waals surface area contributed by atoms with Gasteiger partial charge in [0.1, 0.15) is 17.2 Å². The van der Waals surface area contributed by atoms with E-state index in [9.17, 15) is 27.2 Å². The van der Waals surface area contributed by atoms with E-state index in [0.29, 0.717) is 6.54 Å². The third kappa shape index (κ3) is 4.22. The van der Waals surface area contributed by atoms with Crippen molar-refractivity contribution in [3.63, 3.8) is 0 Å². The number of halogens is 4. The fraction of sp³-hybridized carbons (Fsp3) is 0.143. The van der Waals surface area contributed by atoms with Crippen LogP contribution >= 0.6 is 0 Å². The van der Waals surface area contributed by atoms with Crippen LogP contribution in [0.5, 0.6) is 0 Å². The molecule has 0 radical (unpaired) electrons. The Labute approximate surface area is 177 Å². The maximum Gasteiger partial charge on any atom is 0.471 e. The minimum absolute atomic E-state index is 0.00942. The van der Waals surface area contributed by atoms with Gasteiger partial charge in [-0.25, -0.2) is 4.39 Å². The molecule has 0 fully saturated rings. The standard InChI is InChI=1S/C21H14F4N4O3/c22-14-8-12(19-28-20(32-29-19)21(23,24)25)6-7-13(14)10-27-16-15(17(30)18(16)31)26-9-11-4-2-1-3-5-11/h1-8,26-27H,9-10H2. The second kappa shape index (κ2) is 8.25. The Balaban J connectivity index is 1.45. The van der Waals surface area contributed by atoms with E-state index in [1.54, 1.807) is 0 Å². The van der Waals surface area contributed by atoms with Crippen LogP contribution < -0.4 is 21.5 Å². The van der Waals surface area contributed by atoms with Crippen molar-refractivity contribution in [2.45, 2.75) is 19.3 Å². The monoisotopic (exact) mass is 446 g/mol. The molecule has 0 bridgehead atoms. The number of anilines is 2. The van der Waals surface area contributed by atoms with Crippen molar-refractivity contribution >= 4 is 11.4 Å². The fourth-order valence-electron chi connectivity index (χ4n) is 2.98. The first-order valence-electron chi connectivity index (χ1n) is 9.28. The van der Waals surface area contributed by atoms with E-state index in [1.807, 2.05) is 30.3 Å². The van der Waals surface area contributed by atoms with Crippen molar-refractivity contribution in [3.8, 4) is 11.4 Å². The van der Waals surface area contributed by atoms with E-state index in [1.165, 1.54) is 12.1 Å². The lowest BCUT2D eigenvalue weighted by atomic mass is 10.1. The normalized spacial score (nSPS) is 11.6. The van der Waals surface area contributed by atoms with Gasteiger partial charge in [0.05, 0.1) is 0 Å². The van der Waals surface area contributed by atoms with E-state index in [2.05, 4.69) is 25.3 Å². The van der Waals surface area contributed by atoms with Crippen molar-refractivity contribution in [2.75, 3.05) is 10.6 Å². The highest BCUT2D eigenvalue weighted by molar-refractivity contribution is 5.74. The highest BCUT2D eigenvalue weighted by Crippen LogP contribution is 2.30. The Morgan fingerprint density at radius 1 is 0.906 bits per heavy atom. The smallest absolute Gasteiger partial charge is 0.376 e. The fourth-order valence-corrected chi connectivity index (χ4v) is 2.98. The zero-order chi connectivity index (χ0) is 22.9. The number of aromatic nitrogens is 2. The van der Waals surface area contributed by atoms with Crippen LogP contribution in [0.3, 0.4) is 0 Å². The molecule has 0 aliphatic carbocycles. The van der Waals surface area contributed by atoms with Gasteiger partial charge in [-0.05, 0) is 11.6 Å². The molecule has 0 saturated heterocycles. The van der Waals surface area contributed by atoms with Crippen LogP contribution in [0.4, 0.5) is 28.9 Å². The van der Waals surface area contributed by atoms with Gasteiger partial charge in [0, 0.05) is 24.2 Å². The van der Waals surface area contributed by atoms with Crippen molar-refractivity contribution in [2.24, 2.45) is 0 Å². The molecule has 0 spiro atoms. The van der Waals surface area contributed by atoms with Crippen LogP contribution in [0.2, 0.25) is 0 Å². The number of hydrogen-bond donors (Lipinski definition) is 2. The predicted molar refractivity (Wildman–Crippen MR) is 107 cm³/mol. The number of rotatable bonds is 7. The highest BCUT2D eigenvalue weighted by Gasteiger charge is 2.38. The van der Waals surface area contributed by atoms with Gasteiger partial charge < -0.3 is 15.2 Å². The number of nitrogens with zero attached hydrogens (tertiary/aromatic N) is 2. The van der Waals surface area contributed by atoms with Crippen LogP contribution in [0.1, 0.15) is 17.0 Å². The largest absolute Gasteiger partial charge is 0.471 e. The lowest BCUT2D eigenvalue weighted by Gasteiger charge is -2.15. The first-order chi connectivity index (χ1) is 15.2. The van der Waals surface area contributed by atoms with Gasteiger partial charge in [-0.3, -0.25) is 9.59 Å². The second-order valence-corrected chi connectivity index (χ2v) is 6.83. The molecule has 1 heterocycles. The quantitative estimate of drug-likeness (QED) is 0.330.